The minimum absolute atomic E-state index is 0.176. The highest BCUT2D eigenvalue weighted by atomic mass is 16.5. The summed E-state index contributed by atoms with van der Waals surface area (Å²) in [6.45, 7) is 1.30. The number of nitrogens with two attached hydrogens (primary N) is 1. The number of benzene rings is 1. The Morgan fingerprint density at radius 2 is 2.33 bits per heavy atom. The van der Waals surface area contributed by atoms with Crippen molar-refractivity contribution in [3.63, 3.8) is 0 Å². The third kappa shape index (κ3) is 2.18. The summed E-state index contributed by atoms with van der Waals surface area (Å²) in [6.07, 6.45) is 2.20. The van der Waals surface area contributed by atoms with Gasteiger partial charge in [-0.25, -0.2) is 0 Å². The Morgan fingerprint density at radius 1 is 1.47 bits per heavy atom. The van der Waals surface area contributed by atoms with Gasteiger partial charge in [0.25, 0.3) is 0 Å². The molecule has 1 heterocycles. The molecule has 1 aliphatic rings. The number of ether oxygens (including phenoxy) is 1. The maximum atomic E-state index is 11.7. The van der Waals surface area contributed by atoms with Crippen LogP contribution < -0.4 is 10.5 Å². The largest absolute Gasteiger partial charge is 0.493 e. The molecule has 1 aromatic rings. The van der Waals surface area contributed by atoms with Gasteiger partial charge in [-0.05, 0) is 36.7 Å². The van der Waals surface area contributed by atoms with E-state index in [4.69, 9.17) is 10.5 Å². The zero-order valence-electron chi connectivity index (χ0n) is 8.66. The average Bonchev–Trinajstić information content (AvgIpc) is 2.72. The first-order chi connectivity index (χ1) is 7.31. The summed E-state index contributed by atoms with van der Waals surface area (Å²) in [7, 11) is 0. The molecule has 0 spiro atoms. The Balaban J connectivity index is 2.12. The number of Topliss-reactive ketones (excluding diaryl/α,β-unsaturated/α-hetero) is 1. The Kier molecular flexibility index (Phi) is 3.02. The molecule has 2 N–H and O–H groups in total. The summed E-state index contributed by atoms with van der Waals surface area (Å²) in [5, 5.41) is 0. The lowest BCUT2D eigenvalue weighted by molar-refractivity contribution is 0.0980. The highest BCUT2D eigenvalue weighted by Crippen LogP contribution is 2.26. The predicted molar refractivity (Wildman–Crippen MR) is 58.3 cm³/mol. The molecular weight excluding hydrogens is 190 g/mol. The number of carbonyl (C=O) groups is 1. The molecule has 2 rings (SSSR count). The molecule has 0 radical (unpaired) electrons. The van der Waals surface area contributed by atoms with Crippen molar-refractivity contribution in [3.05, 3.63) is 29.3 Å². The molecule has 0 saturated carbocycles. The van der Waals surface area contributed by atoms with Crippen molar-refractivity contribution in [1.82, 2.24) is 0 Å². The van der Waals surface area contributed by atoms with Crippen LogP contribution in [0, 0.1) is 0 Å². The highest BCUT2D eigenvalue weighted by molar-refractivity contribution is 5.96. The van der Waals surface area contributed by atoms with Crippen molar-refractivity contribution in [2.75, 3.05) is 13.2 Å². The van der Waals surface area contributed by atoms with Gasteiger partial charge in [0, 0.05) is 18.4 Å². The Labute approximate surface area is 89.2 Å². The van der Waals surface area contributed by atoms with Gasteiger partial charge in [-0.3, -0.25) is 4.79 Å². The molecule has 80 valence electrons. The van der Waals surface area contributed by atoms with Crippen LogP contribution in [-0.2, 0) is 6.42 Å². The molecule has 1 aliphatic heterocycles. The number of ketones is 1. The fraction of sp³-hybridized carbons (Fsp3) is 0.417. The first-order valence-corrected chi connectivity index (χ1v) is 5.30. The second-order valence-electron chi connectivity index (χ2n) is 3.74. The fourth-order valence-electron chi connectivity index (χ4n) is 1.77. The van der Waals surface area contributed by atoms with Gasteiger partial charge in [-0.1, -0.05) is 0 Å². The molecule has 0 aliphatic carbocycles. The summed E-state index contributed by atoms with van der Waals surface area (Å²) in [5.41, 5.74) is 7.30. The van der Waals surface area contributed by atoms with Crippen LogP contribution >= 0.6 is 0 Å². The number of hydrogen-bond acceptors (Lipinski definition) is 3. The van der Waals surface area contributed by atoms with Gasteiger partial charge in [0.15, 0.2) is 5.78 Å². The molecule has 0 amide bonds. The van der Waals surface area contributed by atoms with E-state index in [1.54, 1.807) is 0 Å². The summed E-state index contributed by atoms with van der Waals surface area (Å²) >= 11 is 0. The second-order valence-corrected chi connectivity index (χ2v) is 3.74. The molecule has 3 nitrogen and oxygen atoms in total. The van der Waals surface area contributed by atoms with E-state index in [9.17, 15) is 4.79 Å². The maximum absolute atomic E-state index is 11.7. The lowest BCUT2D eigenvalue weighted by atomic mass is 10.0. The smallest absolute Gasteiger partial charge is 0.162 e. The normalized spacial score (nSPS) is 13.4. The van der Waals surface area contributed by atoms with Crippen molar-refractivity contribution in [2.24, 2.45) is 5.73 Å². The highest BCUT2D eigenvalue weighted by Gasteiger charge is 2.14. The van der Waals surface area contributed by atoms with Crippen LogP contribution in [0.4, 0.5) is 0 Å². The third-order valence-electron chi connectivity index (χ3n) is 2.62. The van der Waals surface area contributed by atoms with Gasteiger partial charge >= 0.3 is 0 Å². The van der Waals surface area contributed by atoms with E-state index in [0.29, 0.717) is 13.0 Å². The van der Waals surface area contributed by atoms with E-state index in [1.807, 2.05) is 18.2 Å². The van der Waals surface area contributed by atoms with Crippen molar-refractivity contribution < 1.29 is 9.53 Å². The molecule has 0 bridgehead atoms. The minimum atomic E-state index is 0.176. The molecular formula is C12H15NO2. The van der Waals surface area contributed by atoms with Crippen molar-refractivity contribution in [3.8, 4) is 5.75 Å². The predicted octanol–water partition coefficient (Wildman–Crippen LogP) is 1.54. The number of carbonyl (C=O) groups excluding carboxylic acids is 1. The van der Waals surface area contributed by atoms with Crippen LogP contribution in [0.25, 0.3) is 0 Å². The lowest BCUT2D eigenvalue weighted by Gasteiger charge is -2.02. The molecule has 3 heteroatoms. The van der Waals surface area contributed by atoms with Gasteiger partial charge in [0.2, 0.25) is 0 Å². The SMILES string of the molecule is NCCCC(=O)c1ccc2c(c1)CCO2. The number of hydrogen-bond donors (Lipinski definition) is 1. The molecule has 0 aromatic heterocycles. The molecule has 0 unspecified atom stereocenters. The van der Waals surface area contributed by atoms with E-state index in [2.05, 4.69) is 0 Å². The van der Waals surface area contributed by atoms with Crippen LogP contribution in [0.5, 0.6) is 5.75 Å². The molecule has 1 aromatic carbocycles. The van der Waals surface area contributed by atoms with E-state index in [0.717, 1.165) is 36.3 Å². The fourth-order valence-corrected chi connectivity index (χ4v) is 1.77. The Bertz CT molecular complexity index is 374. The number of rotatable bonds is 4. The van der Waals surface area contributed by atoms with Gasteiger partial charge in [-0.2, -0.15) is 0 Å². The topological polar surface area (TPSA) is 52.3 Å². The van der Waals surface area contributed by atoms with Crippen LogP contribution in [0.3, 0.4) is 0 Å². The van der Waals surface area contributed by atoms with E-state index in [1.165, 1.54) is 0 Å². The summed E-state index contributed by atoms with van der Waals surface area (Å²) in [6, 6.07) is 5.67. The van der Waals surface area contributed by atoms with Crippen LogP contribution in [0.15, 0.2) is 18.2 Å². The van der Waals surface area contributed by atoms with Gasteiger partial charge < -0.3 is 10.5 Å². The first kappa shape index (κ1) is 10.2. The minimum Gasteiger partial charge on any atom is -0.493 e. The quantitative estimate of drug-likeness (QED) is 0.759. The van der Waals surface area contributed by atoms with Crippen molar-refractivity contribution in [1.29, 1.82) is 0 Å². The van der Waals surface area contributed by atoms with Crippen LogP contribution in [0.2, 0.25) is 0 Å². The standard InChI is InChI=1S/C12H15NO2/c13-6-1-2-11(14)9-3-4-12-10(8-9)5-7-15-12/h3-4,8H,1-2,5-7,13H2. The van der Waals surface area contributed by atoms with E-state index in [-0.39, 0.29) is 5.78 Å². The zero-order valence-corrected chi connectivity index (χ0v) is 8.66. The van der Waals surface area contributed by atoms with Crippen molar-refractivity contribution in [2.45, 2.75) is 19.3 Å². The monoisotopic (exact) mass is 205 g/mol. The molecule has 15 heavy (non-hydrogen) atoms. The summed E-state index contributed by atoms with van der Waals surface area (Å²) in [5.74, 6) is 1.10. The summed E-state index contributed by atoms with van der Waals surface area (Å²) < 4.78 is 5.38. The van der Waals surface area contributed by atoms with Gasteiger partial charge in [-0.15, -0.1) is 0 Å². The van der Waals surface area contributed by atoms with Crippen molar-refractivity contribution >= 4 is 5.78 Å². The molecule has 0 fully saturated rings. The van der Waals surface area contributed by atoms with Gasteiger partial charge in [0.1, 0.15) is 5.75 Å². The van der Waals surface area contributed by atoms with Crippen LogP contribution in [0.1, 0.15) is 28.8 Å². The lowest BCUT2D eigenvalue weighted by Crippen LogP contribution is -2.05. The maximum Gasteiger partial charge on any atom is 0.162 e. The third-order valence-corrected chi connectivity index (χ3v) is 2.62. The van der Waals surface area contributed by atoms with Gasteiger partial charge in [0.05, 0.1) is 6.61 Å². The average molecular weight is 205 g/mol. The summed E-state index contributed by atoms with van der Waals surface area (Å²) in [4.78, 5) is 11.7. The molecule has 0 saturated heterocycles. The zero-order chi connectivity index (χ0) is 10.7. The van der Waals surface area contributed by atoms with Crippen LogP contribution in [-0.4, -0.2) is 18.9 Å². The molecule has 0 atom stereocenters. The first-order valence-electron chi connectivity index (χ1n) is 5.30. The second kappa shape index (κ2) is 4.45. The Morgan fingerprint density at radius 3 is 3.13 bits per heavy atom. The number of fused-ring (bicyclic) bond motifs is 1. The Hall–Kier alpha value is -1.35. The van der Waals surface area contributed by atoms with E-state index < -0.39 is 0 Å². The van der Waals surface area contributed by atoms with E-state index >= 15 is 0 Å².